The highest BCUT2D eigenvalue weighted by atomic mass is 32.2. The van der Waals surface area contributed by atoms with Crippen molar-refractivity contribution in [1.29, 1.82) is 0 Å². The molecule has 3 rings (SSSR count). The van der Waals surface area contributed by atoms with E-state index in [0.29, 0.717) is 16.6 Å². The minimum absolute atomic E-state index is 0.0535. The lowest BCUT2D eigenvalue weighted by Gasteiger charge is -2.33. The van der Waals surface area contributed by atoms with Gasteiger partial charge in [0.05, 0.1) is 6.42 Å². The Hall–Kier alpha value is -2.16. The van der Waals surface area contributed by atoms with Crippen LogP contribution in [0, 0.1) is 13.8 Å². The maximum Gasteiger partial charge on any atom is 0.310 e. The lowest BCUT2D eigenvalue weighted by atomic mass is 10.0. The molecule has 0 bridgehead atoms. The van der Waals surface area contributed by atoms with Crippen molar-refractivity contribution >= 4 is 29.4 Å². The Morgan fingerprint density at radius 3 is 2.74 bits per heavy atom. The predicted molar refractivity (Wildman–Crippen MR) is 102 cm³/mol. The molecular formula is C18H25N5O3S. The molecule has 146 valence electrons. The number of carbonyl (C=O) groups is 2. The highest BCUT2D eigenvalue weighted by molar-refractivity contribution is 7.98. The van der Waals surface area contributed by atoms with E-state index in [1.165, 1.54) is 11.8 Å². The van der Waals surface area contributed by atoms with Gasteiger partial charge in [-0.15, -0.1) is 5.10 Å². The van der Waals surface area contributed by atoms with Gasteiger partial charge in [-0.3, -0.25) is 9.59 Å². The molecule has 0 N–H and O–H groups in total. The number of piperidine rings is 1. The van der Waals surface area contributed by atoms with Crippen LogP contribution in [0.4, 0.5) is 0 Å². The molecule has 27 heavy (non-hydrogen) atoms. The van der Waals surface area contributed by atoms with Gasteiger partial charge in [-0.25, -0.2) is 9.50 Å². The van der Waals surface area contributed by atoms with Gasteiger partial charge in [0.15, 0.2) is 6.61 Å². The summed E-state index contributed by atoms with van der Waals surface area (Å²) in [5, 5.41) is 5.01. The number of carbonyl (C=O) groups excluding carboxylic acids is 2. The van der Waals surface area contributed by atoms with Crippen molar-refractivity contribution in [3.05, 3.63) is 17.0 Å². The number of esters is 1. The fourth-order valence-electron chi connectivity index (χ4n) is 3.42. The van der Waals surface area contributed by atoms with Crippen LogP contribution in [0.1, 0.15) is 43.1 Å². The van der Waals surface area contributed by atoms with E-state index in [-0.39, 0.29) is 25.0 Å². The molecule has 9 heteroatoms. The van der Waals surface area contributed by atoms with E-state index in [0.717, 1.165) is 37.1 Å². The Bertz CT molecular complexity index is 866. The molecule has 1 aliphatic rings. The first-order valence-corrected chi connectivity index (χ1v) is 10.3. The van der Waals surface area contributed by atoms with E-state index in [1.54, 1.807) is 9.42 Å². The van der Waals surface area contributed by atoms with Gasteiger partial charge in [0.1, 0.15) is 0 Å². The first kappa shape index (κ1) is 19.6. The molecule has 8 nitrogen and oxygen atoms in total. The summed E-state index contributed by atoms with van der Waals surface area (Å²) in [5.74, 6) is -0.0511. The molecule has 0 aromatic carbocycles. The van der Waals surface area contributed by atoms with Crippen LogP contribution >= 0.6 is 11.8 Å². The molecule has 2 aromatic heterocycles. The van der Waals surface area contributed by atoms with Gasteiger partial charge in [-0.05, 0) is 46.3 Å². The number of likely N-dealkylation sites (tertiary alicyclic amines) is 1. The molecular weight excluding hydrogens is 366 g/mol. The summed E-state index contributed by atoms with van der Waals surface area (Å²) >= 11 is 1.44. The zero-order valence-corrected chi connectivity index (χ0v) is 17.0. The van der Waals surface area contributed by atoms with Crippen LogP contribution in [0.25, 0.3) is 5.78 Å². The Kier molecular flexibility index (Phi) is 5.98. The summed E-state index contributed by atoms with van der Waals surface area (Å²) in [6, 6.07) is 0.207. The second kappa shape index (κ2) is 8.24. The molecule has 3 heterocycles. The number of hydrogen-bond donors (Lipinski definition) is 0. The summed E-state index contributed by atoms with van der Waals surface area (Å²) in [5.41, 5.74) is 2.27. The van der Waals surface area contributed by atoms with E-state index < -0.39 is 5.97 Å². The molecule has 1 aliphatic heterocycles. The van der Waals surface area contributed by atoms with E-state index >= 15 is 0 Å². The number of rotatable bonds is 5. The van der Waals surface area contributed by atoms with Crippen molar-refractivity contribution in [2.75, 3.05) is 19.4 Å². The third-order valence-corrected chi connectivity index (χ3v) is 5.55. The zero-order valence-electron chi connectivity index (χ0n) is 16.2. The Labute approximate surface area is 162 Å². The van der Waals surface area contributed by atoms with E-state index in [1.807, 2.05) is 27.0 Å². The molecule has 0 saturated carbocycles. The molecule has 2 aromatic rings. The number of thioether (sulfide) groups is 1. The number of fused-ring (bicyclic) bond motifs is 1. The maximum absolute atomic E-state index is 12.3. The third kappa shape index (κ3) is 4.23. The smallest absolute Gasteiger partial charge is 0.310 e. The summed E-state index contributed by atoms with van der Waals surface area (Å²) in [4.78, 5) is 35.2. The van der Waals surface area contributed by atoms with Gasteiger partial charge < -0.3 is 9.64 Å². The second-order valence-corrected chi connectivity index (χ2v) is 7.61. The predicted octanol–water partition coefficient (Wildman–Crippen LogP) is 1.95. The van der Waals surface area contributed by atoms with Crippen LogP contribution in [0.3, 0.4) is 0 Å². The summed E-state index contributed by atoms with van der Waals surface area (Å²) in [6.07, 6.45) is 5.09. The Balaban J connectivity index is 1.66. The van der Waals surface area contributed by atoms with Gasteiger partial charge in [0.25, 0.3) is 11.7 Å². The summed E-state index contributed by atoms with van der Waals surface area (Å²) in [7, 11) is 0. The Morgan fingerprint density at radius 2 is 2.04 bits per heavy atom. The topological polar surface area (TPSA) is 89.7 Å². The van der Waals surface area contributed by atoms with Crippen LogP contribution < -0.4 is 0 Å². The molecule has 0 unspecified atom stereocenters. The highest BCUT2D eigenvalue weighted by Gasteiger charge is 2.24. The standard InChI is InChI=1S/C18H25N5O3S/c1-11-7-5-6-8-22(11)15(24)10-26-16(25)9-14-12(2)19-17-20-18(27-4)21-23(17)13(14)3/h11H,5-10H2,1-4H3/t11-/m1/s1. The number of aryl methyl sites for hydroxylation is 2. The SMILES string of the molecule is CSc1nc2nc(C)c(CC(=O)OCC(=O)N3CCCC[C@H]3C)c(C)n2n1. The van der Waals surface area contributed by atoms with Crippen molar-refractivity contribution in [3.63, 3.8) is 0 Å². The lowest BCUT2D eigenvalue weighted by Crippen LogP contribution is -2.44. The summed E-state index contributed by atoms with van der Waals surface area (Å²) < 4.78 is 6.89. The lowest BCUT2D eigenvalue weighted by molar-refractivity contribution is -0.153. The monoisotopic (exact) mass is 391 g/mol. The molecule has 1 fully saturated rings. The third-order valence-electron chi connectivity index (χ3n) is 5.01. The molecule has 0 spiro atoms. The molecule has 1 atom stereocenters. The maximum atomic E-state index is 12.3. The molecule has 0 radical (unpaired) electrons. The van der Waals surface area contributed by atoms with Gasteiger partial charge in [0, 0.05) is 29.5 Å². The molecule has 1 saturated heterocycles. The van der Waals surface area contributed by atoms with Crippen molar-refractivity contribution in [3.8, 4) is 0 Å². The fraction of sp³-hybridized carbons (Fsp3) is 0.611. The largest absolute Gasteiger partial charge is 0.455 e. The van der Waals surface area contributed by atoms with E-state index in [2.05, 4.69) is 15.1 Å². The fourth-order valence-corrected chi connectivity index (χ4v) is 3.76. The van der Waals surface area contributed by atoms with Crippen LogP contribution in [0.15, 0.2) is 5.16 Å². The highest BCUT2D eigenvalue weighted by Crippen LogP contribution is 2.18. The van der Waals surface area contributed by atoms with Crippen LogP contribution in [0.5, 0.6) is 0 Å². The van der Waals surface area contributed by atoms with Crippen LogP contribution in [-0.2, 0) is 20.7 Å². The average Bonchev–Trinajstić information content (AvgIpc) is 3.07. The van der Waals surface area contributed by atoms with Crippen molar-refractivity contribution < 1.29 is 14.3 Å². The Morgan fingerprint density at radius 1 is 1.26 bits per heavy atom. The minimum atomic E-state index is -0.439. The zero-order chi connectivity index (χ0) is 19.6. The number of amides is 1. The quantitative estimate of drug-likeness (QED) is 0.568. The summed E-state index contributed by atoms with van der Waals surface area (Å²) in [6.45, 7) is 6.28. The van der Waals surface area contributed by atoms with Crippen molar-refractivity contribution in [1.82, 2.24) is 24.5 Å². The number of hydrogen-bond acceptors (Lipinski definition) is 7. The van der Waals surface area contributed by atoms with Crippen LogP contribution in [0.2, 0.25) is 0 Å². The number of nitrogens with zero attached hydrogens (tertiary/aromatic N) is 5. The first-order chi connectivity index (χ1) is 12.9. The minimum Gasteiger partial charge on any atom is -0.455 e. The van der Waals surface area contributed by atoms with Crippen LogP contribution in [-0.4, -0.2) is 61.8 Å². The van der Waals surface area contributed by atoms with Crippen molar-refractivity contribution in [2.45, 2.75) is 57.7 Å². The van der Waals surface area contributed by atoms with Gasteiger partial charge in [0.2, 0.25) is 5.16 Å². The normalized spacial score (nSPS) is 17.3. The first-order valence-electron chi connectivity index (χ1n) is 9.12. The van der Waals surface area contributed by atoms with Gasteiger partial charge >= 0.3 is 5.97 Å². The number of ether oxygens (including phenoxy) is 1. The second-order valence-electron chi connectivity index (χ2n) is 6.84. The van der Waals surface area contributed by atoms with Crippen molar-refractivity contribution in [2.24, 2.45) is 0 Å². The average molecular weight is 391 g/mol. The van der Waals surface area contributed by atoms with E-state index in [4.69, 9.17) is 4.74 Å². The number of aromatic nitrogens is 4. The molecule has 1 amide bonds. The van der Waals surface area contributed by atoms with E-state index in [9.17, 15) is 9.59 Å². The molecule has 0 aliphatic carbocycles. The van der Waals surface area contributed by atoms with Gasteiger partial charge in [-0.1, -0.05) is 11.8 Å². The van der Waals surface area contributed by atoms with Gasteiger partial charge in [-0.2, -0.15) is 4.98 Å².